The Morgan fingerprint density at radius 3 is 2.41 bits per heavy atom. The van der Waals surface area contributed by atoms with Crippen molar-refractivity contribution < 1.29 is 18.8 Å². The summed E-state index contributed by atoms with van der Waals surface area (Å²) < 4.78 is 16.1. The highest BCUT2D eigenvalue weighted by molar-refractivity contribution is 9.10. The predicted molar refractivity (Wildman–Crippen MR) is 129 cm³/mol. The zero-order valence-corrected chi connectivity index (χ0v) is 20.4. The second kappa shape index (κ2) is 10.5. The van der Waals surface area contributed by atoms with Gasteiger partial charge in [0.15, 0.2) is 5.82 Å². The Kier molecular flexibility index (Phi) is 7.43. The molecule has 1 aliphatic heterocycles. The molecule has 1 aromatic heterocycles. The van der Waals surface area contributed by atoms with Crippen molar-refractivity contribution in [2.45, 2.75) is 32.2 Å². The van der Waals surface area contributed by atoms with Crippen molar-refractivity contribution in [2.24, 2.45) is 0 Å². The number of fused-ring (bicyclic) bond motifs is 1. The number of nitrogens with zero attached hydrogens (tertiary/aromatic N) is 3. The van der Waals surface area contributed by atoms with Crippen LogP contribution in [0, 0.1) is 5.82 Å². The lowest BCUT2D eigenvalue weighted by molar-refractivity contribution is -0.116. The van der Waals surface area contributed by atoms with Crippen LogP contribution in [0.5, 0.6) is 0 Å². The van der Waals surface area contributed by atoms with Gasteiger partial charge < -0.3 is 5.32 Å². The molecular weight excluding hydrogens is 527 g/mol. The number of halogens is 3. The third-order valence-corrected chi connectivity index (χ3v) is 6.45. The number of nitrogens with one attached hydrogen (secondary N) is 1. The van der Waals surface area contributed by atoms with E-state index in [4.69, 9.17) is 11.6 Å². The first-order valence-corrected chi connectivity index (χ1v) is 11.9. The number of rotatable bonds is 9. The summed E-state index contributed by atoms with van der Waals surface area (Å²) in [7, 11) is 0. The monoisotopic (exact) mass is 546 g/mol. The van der Waals surface area contributed by atoms with Crippen LogP contribution in [-0.4, -0.2) is 38.9 Å². The Bertz CT molecular complexity index is 1210. The molecule has 1 N–H and O–H groups in total. The highest BCUT2D eigenvalue weighted by Crippen LogP contribution is 2.25. The number of carbonyl (C=O) groups excluding carboxylic acids is 3. The summed E-state index contributed by atoms with van der Waals surface area (Å²) in [6, 6.07) is 11.3. The van der Waals surface area contributed by atoms with Crippen LogP contribution in [0.1, 0.15) is 52.0 Å². The van der Waals surface area contributed by atoms with E-state index in [1.807, 2.05) is 0 Å². The van der Waals surface area contributed by atoms with Gasteiger partial charge in [0.05, 0.1) is 22.1 Å². The maximum atomic E-state index is 14.0. The van der Waals surface area contributed by atoms with E-state index in [9.17, 15) is 18.8 Å². The number of amides is 3. The Morgan fingerprint density at radius 1 is 1.03 bits per heavy atom. The van der Waals surface area contributed by atoms with Crippen LogP contribution < -0.4 is 5.32 Å². The minimum atomic E-state index is -0.425. The fourth-order valence-corrected chi connectivity index (χ4v) is 4.41. The molecule has 0 radical (unpaired) electrons. The van der Waals surface area contributed by atoms with E-state index in [2.05, 4.69) is 26.3 Å². The molecular formula is C24H21BrClFN4O3. The molecule has 0 fully saturated rings. The number of imide groups is 1. The van der Waals surface area contributed by atoms with E-state index < -0.39 is 5.82 Å². The van der Waals surface area contributed by atoms with Gasteiger partial charge in [0.25, 0.3) is 11.8 Å². The maximum absolute atomic E-state index is 14.0. The number of carbonyl (C=O) groups is 3. The first-order valence-electron chi connectivity index (χ1n) is 10.8. The second-order valence-corrected chi connectivity index (χ2v) is 9.15. The zero-order chi connectivity index (χ0) is 24.2. The molecule has 0 saturated heterocycles. The summed E-state index contributed by atoms with van der Waals surface area (Å²) in [5, 5.41) is 7.34. The lowest BCUT2D eigenvalue weighted by Crippen LogP contribution is -2.30. The predicted octanol–water partition coefficient (Wildman–Crippen LogP) is 5.28. The van der Waals surface area contributed by atoms with E-state index in [0.29, 0.717) is 57.8 Å². The number of benzene rings is 2. The molecule has 0 atom stereocenters. The van der Waals surface area contributed by atoms with Crippen LogP contribution in [0.2, 0.25) is 5.02 Å². The van der Waals surface area contributed by atoms with Gasteiger partial charge in [-0.25, -0.2) is 4.39 Å². The third-order valence-electron chi connectivity index (χ3n) is 5.52. The lowest BCUT2D eigenvalue weighted by Gasteiger charge is -2.13. The average molecular weight is 548 g/mol. The van der Waals surface area contributed by atoms with E-state index in [-0.39, 0.29) is 30.7 Å². The van der Waals surface area contributed by atoms with Crippen LogP contribution in [0.25, 0.3) is 0 Å². The number of anilines is 1. The number of hydrogen-bond acceptors (Lipinski definition) is 4. The van der Waals surface area contributed by atoms with Crippen LogP contribution in [0.4, 0.5) is 10.2 Å². The molecule has 1 aliphatic rings. The summed E-state index contributed by atoms with van der Waals surface area (Å²) >= 11 is 9.43. The van der Waals surface area contributed by atoms with Crippen molar-refractivity contribution in [1.82, 2.24) is 14.7 Å². The molecule has 34 heavy (non-hydrogen) atoms. The molecule has 0 spiro atoms. The lowest BCUT2D eigenvalue weighted by atomic mass is 10.1. The number of hydrogen-bond donors (Lipinski definition) is 1. The Balaban J connectivity index is 1.22. The van der Waals surface area contributed by atoms with Crippen LogP contribution in [-0.2, 0) is 11.3 Å². The van der Waals surface area contributed by atoms with Gasteiger partial charge in [-0.1, -0.05) is 36.2 Å². The average Bonchev–Trinajstić information content (AvgIpc) is 3.27. The standard InChI is InChI=1S/C24H21BrClFN4O3/c25-18-14-30(13-17-19(26)9-6-10-20(17)27)29-22(18)28-21(32)11-2-1-5-12-31-23(33)15-7-3-4-8-16(15)24(31)34/h3-4,6-10,14H,1-2,5,11-13H2,(H,28,29,32). The molecule has 10 heteroatoms. The number of unbranched alkanes of at least 4 members (excludes halogenated alkanes) is 2. The second-order valence-electron chi connectivity index (χ2n) is 7.89. The molecule has 2 aromatic carbocycles. The number of aromatic nitrogens is 2. The van der Waals surface area contributed by atoms with Gasteiger partial charge in [0.2, 0.25) is 5.91 Å². The first-order chi connectivity index (χ1) is 16.3. The molecule has 3 aromatic rings. The first kappa shape index (κ1) is 24.1. The highest BCUT2D eigenvalue weighted by Gasteiger charge is 2.34. The van der Waals surface area contributed by atoms with E-state index in [1.165, 1.54) is 21.7 Å². The van der Waals surface area contributed by atoms with Gasteiger partial charge in [-0.3, -0.25) is 24.0 Å². The summed E-state index contributed by atoms with van der Waals surface area (Å²) in [5.41, 5.74) is 1.19. The minimum absolute atomic E-state index is 0.123. The van der Waals surface area contributed by atoms with E-state index in [1.54, 1.807) is 36.5 Å². The van der Waals surface area contributed by atoms with Gasteiger partial charge in [-0.05, 0) is 53.0 Å². The Labute approximate surface area is 209 Å². The molecule has 3 amide bonds. The molecule has 0 unspecified atom stereocenters. The SMILES string of the molecule is O=C(CCCCCN1C(=O)c2ccccc2C1=O)Nc1nn(Cc2c(F)cccc2Cl)cc1Br. The van der Waals surface area contributed by atoms with Crippen molar-refractivity contribution in [1.29, 1.82) is 0 Å². The van der Waals surface area contributed by atoms with Crippen LogP contribution in [0.3, 0.4) is 0 Å². The van der Waals surface area contributed by atoms with Gasteiger partial charge in [-0.15, -0.1) is 0 Å². The van der Waals surface area contributed by atoms with Gasteiger partial charge in [-0.2, -0.15) is 5.10 Å². The molecule has 0 aliphatic carbocycles. The minimum Gasteiger partial charge on any atom is -0.308 e. The normalized spacial score (nSPS) is 12.9. The quantitative estimate of drug-likeness (QED) is 0.292. The van der Waals surface area contributed by atoms with Crippen LogP contribution in [0.15, 0.2) is 53.1 Å². The van der Waals surface area contributed by atoms with Crippen molar-refractivity contribution in [3.63, 3.8) is 0 Å². The Hall–Kier alpha value is -3.04. The summed E-state index contributed by atoms with van der Waals surface area (Å²) in [4.78, 5) is 38.3. The highest BCUT2D eigenvalue weighted by atomic mass is 79.9. The van der Waals surface area contributed by atoms with Crippen LogP contribution >= 0.6 is 27.5 Å². The third kappa shape index (κ3) is 5.20. The van der Waals surface area contributed by atoms with Crippen molar-refractivity contribution >= 4 is 51.1 Å². The van der Waals surface area contributed by atoms with Crippen molar-refractivity contribution in [3.05, 3.63) is 80.7 Å². The summed E-state index contributed by atoms with van der Waals surface area (Å²) in [6.07, 6.45) is 3.79. The summed E-state index contributed by atoms with van der Waals surface area (Å²) in [5.74, 6) is -0.837. The molecule has 176 valence electrons. The maximum Gasteiger partial charge on any atom is 0.261 e. The van der Waals surface area contributed by atoms with E-state index >= 15 is 0 Å². The molecule has 0 saturated carbocycles. The fourth-order valence-electron chi connectivity index (χ4n) is 3.78. The smallest absolute Gasteiger partial charge is 0.261 e. The van der Waals surface area contributed by atoms with Gasteiger partial charge in [0, 0.05) is 29.7 Å². The summed E-state index contributed by atoms with van der Waals surface area (Å²) in [6.45, 7) is 0.445. The van der Waals surface area contributed by atoms with Gasteiger partial charge in [0.1, 0.15) is 5.82 Å². The molecule has 7 nitrogen and oxygen atoms in total. The largest absolute Gasteiger partial charge is 0.308 e. The Morgan fingerprint density at radius 2 is 1.74 bits per heavy atom. The van der Waals surface area contributed by atoms with Crippen molar-refractivity contribution in [2.75, 3.05) is 11.9 Å². The van der Waals surface area contributed by atoms with E-state index in [0.717, 1.165) is 0 Å². The molecule has 4 rings (SSSR count). The molecule has 0 bridgehead atoms. The van der Waals surface area contributed by atoms with Crippen molar-refractivity contribution in [3.8, 4) is 0 Å². The zero-order valence-electron chi connectivity index (χ0n) is 18.1. The topological polar surface area (TPSA) is 84.3 Å². The fraction of sp³-hybridized carbons (Fsp3) is 0.250. The van der Waals surface area contributed by atoms with Gasteiger partial charge >= 0.3 is 0 Å². The molecule has 2 heterocycles.